The molecule has 1 aromatic carbocycles. The molecule has 3 aliphatic rings. The van der Waals surface area contributed by atoms with Crippen molar-refractivity contribution in [2.45, 2.75) is 30.6 Å². The molecule has 142 valence electrons. The largest absolute Gasteiger partial charge is 0.469 e. The van der Waals surface area contributed by atoms with Crippen LogP contribution in [0.5, 0.6) is 11.5 Å². The molecular weight excluding hydrogens is 346 g/mol. The van der Waals surface area contributed by atoms with E-state index in [1.165, 1.54) is 5.56 Å². The first-order chi connectivity index (χ1) is 13.3. The summed E-state index contributed by atoms with van der Waals surface area (Å²) in [7, 11) is 0. The monoisotopic (exact) mass is 369 g/mol. The SMILES string of the molecule is O=C(NCC1(c2ccc3c(c2)OCO3)CCOCC1)[C@H]1C[C@H]1c1ccco1. The first-order valence-electron chi connectivity index (χ1n) is 9.54. The lowest BCUT2D eigenvalue weighted by atomic mass is 9.74. The number of hydrogen-bond acceptors (Lipinski definition) is 5. The smallest absolute Gasteiger partial charge is 0.231 e. The number of nitrogens with one attached hydrogen (secondary N) is 1. The topological polar surface area (TPSA) is 69.9 Å². The summed E-state index contributed by atoms with van der Waals surface area (Å²) >= 11 is 0. The van der Waals surface area contributed by atoms with Crippen molar-refractivity contribution in [2.75, 3.05) is 26.6 Å². The van der Waals surface area contributed by atoms with Crippen LogP contribution in [0.25, 0.3) is 0 Å². The Hall–Kier alpha value is -2.47. The van der Waals surface area contributed by atoms with Gasteiger partial charge in [-0.05, 0) is 49.1 Å². The van der Waals surface area contributed by atoms with Crippen LogP contribution < -0.4 is 14.8 Å². The third kappa shape index (κ3) is 3.08. The summed E-state index contributed by atoms with van der Waals surface area (Å²) in [6, 6.07) is 9.94. The van der Waals surface area contributed by atoms with E-state index in [0.29, 0.717) is 19.8 Å². The van der Waals surface area contributed by atoms with E-state index in [-0.39, 0.29) is 30.0 Å². The van der Waals surface area contributed by atoms with Gasteiger partial charge in [0.05, 0.1) is 6.26 Å². The van der Waals surface area contributed by atoms with Crippen LogP contribution in [0, 0.1) is 5.92 Å². The Labute approximate surface area is 157 Å². The third-order valence-corrected chi connectivity index (χ3v) is 6.07. The van der Waals surface area contributed by atoms with Crippen LogP contribution in [-0.2, 0) is 14.9 Å². The number of amides is 1. The van der Waals surface area contributed by atoms with Crippen LogP contribution in [0.3, 0.4) is 0 Å². The van der Waals surface area contributed by atoms with E-state index in [2.05, 4.69) is 17.4 Å². The number of benzene rings is 1. The van der Waals surface area contributed by atoms with Crippen molar-refractivity contribution < 1.29 is 23.4 Å². The molecule has 3 heterocycles. The summed E-state index contributed by atoms with van der Waals surface area (Å²) in [5.74, 6) is 2.82. The quantitative estimate of drug-likeness (QED) is 0.877. The third-order valence-electron chi connectivity index (χ3n) is 6.07. The first kappa shape index (κ1) is 16.7. The highest BCUT2D eigenvalue weighted by Gasteiger charge is 2.46. The number of carbonyl (C=O) groups is 1. The fraction of sp³-hybridized carbons (Fsp3) is 0.476. The number of hydrogen-bond donors (Lipinski definition) is 1. The predicted octanol–water partition coefficient (Wildman–Crippen LogP) is 2.98. The molecule has 1 N–H and O–H groups in total. The number of furan rings is 1. The van der Waals surface area contributed by atoms with E-state index in [9.17, 15) is 4.79 Å². The van der Waals surface area contributed by atoms with Crippen molar-refractivity contribution in [1.29, 1.82) is 0 Å². The minimum absolute atomic E-state index is 0.0183. The standard InChI is InChI=1S/C21H23NO5/c23-20(16-11-15(16)17-2-1-7-25-17)22-12-21(5-8-24-9-6-21)14-3-4-18-19(10-14)27-13-26-18/h1-4,7,10,15-16H,5-6,8-9,11-13H2,(H,22,23)/t15-,16+/m1/s1. The van der Waals surface area contributed by atoms with E-state index in [4.69, 9.17) is 18.6 Å². The molecule has 1 aliphatic carbocycles. The van der Waals surface area contributed by atoms with Crippen molar-refractivity contribution in [3.05, 3.63) is 47.9 Å². The molecule has 5 rings (SSSR count). The van der Waals surface area contributed by atoms with Gasteiger partial charge in [-0.2, -0.15) is 0 Å². The Morgan fingerprint density at radius 3 is 2.81 bits per heavy atom. The minimum atomic E-state index is -0.135. The molecule has 0 unspecified atom stereocenters. The van der Waals surface area contributed by atoms with Crippen LogP contribution >= 0.6 is 0 Å². The summed E-state index contributed by atoms with van der Waals surface area (Å²) < 4.78 is 22.0. The number of fused-ring (bicyclic) bond motifs is 1. The van der Waals surface area contributed by atoms with Gasteiger partial charge in [-0.3, -0.25) is 4.79 Å². The van der Waals surface area contributed by atoms with Crippen molar-refractivity contribution in [3.63, 3.8) is 0 Å². The van der Waals surface area contributed by atoms with Gasteiger partial charge in [-0.15, -0.1) is 0 Å². The molecule has 6 nitrogen and oxygen atoms in total. The lowest BCUT2D eigenvalue weighted by Crippen LogP contribution is -2.45. The Bertz CT molecular complexity index is 825. The van der Waals surface area contributed by atoms with Gasteiger partial charge in [0.1, 0.15) is 5.76 Å². The van der Waals surface area contributed by atoms with Gasteiger partial charge >= 0.3 is 0 Å². The average Bonchev–Trinajstić information content (AvgIpc) is 3.10. The normalized spacial score (nSPS) is 25.2. The molecule has 2 aromatic rings. The lowest BCUT2D eigenvalue weighted by Gasteiger charge is -2.38. The first-order valence-corrected chi connectivity index (χ1v) is 9.54. The number of rotatable bonds is 5. The van der Waals surface area contributed by atoms with Crippen LogP contribution in [0.4, 0.5) is 0 Å². The molecule has 27 heavy (non-hydrogen) atoms. The minimum Gasteiger partial charge on any atom is -0.469 e. The maximum absolute atomic E-state index is 12.7. The zero-order valence-electron chi connectivity index (χ0n) is 15.1. The highest BCUT2D eigenvalue weighted by atomic mass is 16.7. The highest BCUT2D eigenvalue weighted by molar-refractivity contribution is 5.82. The summed E-state index contributed by atoms with van der Waals surface area (Å²) in [5.41, 5.74) is 1.04. The fourth-order valence-electron chi connectivity index (χ4n) is 4.24. The fourth-order valence-corrected chi connectivity index (χ4v) is 4.24. The molecule has 1 aromatic heterocycles. The van der Waals surface area contributed by atoms with Gasteiger partial charge in [0.2, 0.25) is 12.7 Å². The van der Waals surface area contributed by atoms with Crippen LogP contribution in [0.2, 0.25) is 0 Å². The Balaban J connectivity index is 1.30. The highest BCUT2D eigenvalue weighted by Crippen LogP contribution is 2.48. The van der Waals surface area contributed by atoms with E-state index >= 15 is 0 Å². The van der Waals surface area contributed by atoms with Gasteiger partial charge in [0, 0.05) is 37.0 Å². The summed E-state index contributed by atoms with van der Waals surface area (Å²) in [6.45, 7) is 2.27. The maximum Gasteiger partial charge on any atom is 0.231 e. The van der Waals surface area contributed by atoms with Gasteiger partial charge in [0.15, 0.2) is 11.5 Å². The zero-order valence-corrected chi connectivity index (χ0v) is 15.1. The molecular formula is C21H23NO5. The molecule has 6 heteroatoms. The van der Waals surface area contributed by atoms with E-state index < -0.39 is 0 Å². The molecule has 0 bridgehead atoms. The van der Waals surface area contributed by atoms with Crippen molar-refractivity contribution in [2.24, 2.45) is 5.92 Å². The van der Waals surface area contributed by atoms with Gasteiger partial charge < -0.3 is 23.9 Å². The van der Waals surface area contributed by atoms with Crippen LogP contribution in [-0.4, -0.2) is 32.5 Å². The van der Waals surface area contributed by atoms with Gasteiger partial charge in [-0.25, -0.2) is 0 Å². The second-order valence-corrected chi connectivity index (χ2v) is 7.64. The van der Waals surface area contributed by atoms with Crippen molar-refractivity contribution in [3.8, 4) is 11.5 Å². The molecule has 0 radical (unpaired) electrons. The second kappa shape index (κ2) is 6.60. The maximum atomic E-state index is 12.7. The Morgan fingerprint density at radius 1 is 1.15 bits per heavy atom. The van der Waals surface area contributed by atoms with Crippen molar-refractivity contribution >= 4 is 5.91 Å². The molecule has 2 atom stereocenters. The van der Waals surface area contributed by atoms with Crippen LogP contribution in [0.1, 0.15) is 36.5 Å². The molecule has 2 aliphatic heterocycles. The number of carbonyl (C=O) groups excluding carboxylic acids is 1. The summed E-state index contributed by atoms with van der Waals surface area (Å²) in [5, 5.41) is 3.21. The Morgan fingerprint density at radius 2 is 2.00 bits per heavy atom. The average molecular weight is 369 g/mol. The van der Waals surface area contributed by atoms with Crippen molar-refractivity contribution in [1.82, 2.24) is 5.32 Å². The Kier molecular flexibility index (Phi) is 4.08. The van der Waals surface area contributed by atoms with E-state index in [1.54, 1.807) is 6.26 Å². The molecule has 0 spiro atoms. The predicted molar refractivity (Wildman–Crippen MR) is 96.9 cm³/mol. The molecule has 1 amide bonds. The van der Waals surface area contributed by atoms with E-state index in [1.807, 2.05) is 18.2 Å². The summed E-state index contributed by atoms with van der Waals surface area (Å²) in [6.07, 6.45) is 4.27. The molecule has 1 saturated carbocycles. The second-order valence-electron chi connectivity index (χ2n) is 7.64. The lowest BCUT2D eigenvalue weighted by molar-refractivity contribution is -0.123. The summed E-state index contributed by atoms with van der Waals surface area (Å²) in [4.78, 5) is 12.7. The van der Waals surface area contributed by atoms with Crippen LogP contribution in [0.15, 0.2) is 41.0 Å². The van der Waals surface area contributed by atoms with Gasteiger partial charge in [0.25, 0.3) is 0 Å². The number of ether oxygens (including phenoxy) is 3. The van der Waals surface area contributed by atoms with Gasteiger partial charge in [-0.1, -0.05) is 6.07 Å². The zero-order chi connectivity index (χ0) is 18.3. The molecule has 2 fully saturated rings. The molecule has 1 saturated heterocycles. The van der Waals surface area contributed by atoms with E-state index in [0.717, 1.165) is 36.5 Å².